The average molecular weight is 425 g/mol. The van der Waals surface area contributed by atoms with Gasteiger partial charge in [0.15, 0.2) is 5.78 Å². The van der Waals surface area contributed by atoms with Gasteiger partial charge in [-0.25, -0.2) is 9.07 Å². The number of ether oxygens (including phenoxy) is 1. The minimum Gasteiger partial charge on any atom is -0.489 e. The van der Waals surface area contributed by atoms with E-state index in [9.17, 15) is 9.18 Å². The molecule has 152 valence electrons. The molecular weight excluding hydrogens is 407 g/mol. The monoisotopic (exact) mass is 424 g/mol. The first-order valence-corrected chi connectivity index (χ1v) is 10.1. The summed E-state index contributed by atoms with van der Waals surface area (Å²) < 4.78 is 21.4. The average Bonchev–Trinajstić information content (AvgIpc) is 3.21. The van der Waals surface area contributed by atoms with Crippen molar-refractivity contribution in [2.75, 3.05) is 5.32 Å². The van der Waals surface area contributed by atoms with Crippen LogP contribution in [0.3, 0.4) is 0 Å². The van der Waals surface area contributed by atoms with E-state index < -0.39 is 5.82 Å². The molecule has 3 aromatic rings. The fraction of sp³-hybridized carbons (Fsp3) is 0.227. The van der Waals surface area contributed by atoms with Crippen molar-refractivity contribution < 1.29 is 13.9 Å². The van der Waals surface area contributed by atoms with E-state index in [0.29, 0.717) is 28.7 Å². The molecule has 0 spiro atoms. The fourth-order valence-corrected chi connectivity index (χ4v) is 4.19. The van der Waals surface area contributed by atoms with Gasteiger partial charge in [0.05, 0.1) is 5.02 Å². The molecule has 1 aliphatic heterocycles. The van der Waals surface area contributed by atoms with Gasteiger partial charge in [-0.15, -0.1) is 0 Å². The van der Waals surface area contributed by atoms with E-state index in [1.54, 1.807) is 28.9 Å². The molecule has 2 aliphatic rings. The standard InChI is InChI=1S/C22H18ClFN4O2/c23-16-3-1-4-17(24)15(16)11-30-14-9-7-13(8-10-14)21-20-18(5-2-6-19(20)29)27-22-25-12-26-28(21)22/h1,3-4,7-10,12,21H,2,5-6,11H2,(H,25,26,27)/t21-/m1/s1. The molecule has 0 saturated carbocycles. The van der Waals surface area contributed by atoms with Gasteiger partial charge in [0.25, 0.3) is 0 Å². The number of fused-ring (bicyclic) bond motifs is 1. The molecule has 0 saturated heterocycles. The molecule has 0 bridgehead atoms. The van der Waals surface area contributed by atoms with Crippen molar-refractivity contribution in [1.82, 2.24) is 14.8 Å². The van der Waals surface area contributed by atoms with Crippen molar-refractivity contribution in [3.63, 3.8) is 0 Å². The lowest BCUT2D eigenvalue weighted by atomic mass is 9.85. The molecule has 8 heteroatoms. The normalized spacial score (nSPS) is 17.9. The van der Waals surface area contributed by atoms with Crippen LogP contribution < -0.4 is 10.1 Å². The second kappa shape index (κ2) is 7.57. The van der Waals surface area contributed by atoms with Crippen molar-refractivity contribution in [2.24, 2.45) is 0 Å². The highest BCUT2D eigenvalue weighted by molar-refractivity contribution is 6.31. The Hall–Kier alpha value is -3.19. The van der Waals surface area contributed by atoms with Gasteiger partial charge < -0.3 is 10.1 Å². The number of aromatic nitrogens is 3. The van der Waals surface area contributed by atoms with E-state index in [1.165, 1.54) is 12.4 Å². The van der Waals surface area contributed by atoms with Crippen LogP contribution in [0.5, 0.6) is 5.75 Å². The van der Waals surface area contributed by atoms with Crippen molar-refractivity contribution in [2.45, 2.75) is 31.9 Å². The SMILES string of the molecule is O=C1CCCC2=C1[C@@H](c1ccc(OCc3c(F)cccc3Cl)cc1)n1ncnc1N2. The van der Waals surface area contributed by atoms with Crippen molar-refractivity contribution >= 4 is 23.3 Å². The van der Waals surface area contributed by atoms with Crippen LogP contribution >= 0.6 is 11.6 Å². The van der Waals surface area contributed by atoms with Gasteiger partial charge in [0, 0.05) is 23.3 Å². The number of hydrogen-bond acceptors (Lipinski definition) is 5. The molecule has 2 heterocycles. The number of allylic oxidation sites excluding steroid dienone is 2. The number of ketones is 1. The van der Waals surface area contributed by atoms with Crippen LogP contribution in [0.25, 0.3) is 0 Å². The number of carbonyl (C=O) groups excluding carboxylic acids is 1. The minimum atomic E-state index is -0.400. The molecule has 0 amide bonds. The minimum absolute atomic E-state index is 0.0270. The van der Waals surface area contributed by atoms with Crippen LogP contribution in [0.1, 0.15) is 36.4 Å². The summed E-state index contributed by atoms with van der Waals surface area (Å²) in [5, 5.41) is 7.90. The molecule has 30 heavy (non-hydrogen) atoms. The zero-order chi connectivity index (χ0) is 20.7. The quantitative estimate of drug-likeness (QED) is 0.659. The Morgan fingerprint density at radius 2 is 2.03 bits per heavy atom. The number of carbonyl (C=O) groups is 1. The predicted octanol–water partition coefficient (Wildman–Crippen LogP) is 4.67. The van der Waals surface area contributed by atoms with Crippen LogP contribution in [0.2, 0.25) is 5.02 Å². The van der Waals surface area contributed by atoms with Crippen molar-refractivity contribution in [3.8, 4) is 5.75 Å². The lowest BCUT2D eigenvalue weighted by Gasteiger charge is -2.32. The number of nitrogens with zero attached hydrogens (tertiary/aromatic N) is 3. The van der Waals surface area contributed by atoms with Gasteiger partial charge in [-0.1, -0.05) is 29.8 Å². The van der Waals surface area contributed by atoms with Gasteiger partial charge >= 0.3 is 0 Å². The van der Waals surface area contributed by atoms with E-state index in [0.717, 1.165) is 29.7 Å². The molecule has 1 atom stereocenters. The van der Waals surface area contributed by atoms with E-state index in [-0.39, 0.29) is 18.4 Å². The summed E-state index contributed by atoms with van der Waals surface area (Å²) >= 11 is 6.06. The highest BCUT2D eigenvalue weighted by Gasteiger charge is 2.35. The van der Waals surface area contributed by atoms with Gasteiger partial charge in [-0.3, -0.25) is 4.79 Å². The number of halogens is 2. The molecule has 5 rings (SSSR count). The van der Waals surface area contributed by atoms with Crippen LogP contribution in [0, 0.1) is 5.82 Å². The summed E-state index contributed by atoms with van der Waals surface area (Å²) in [7, 11) is 0. The van der Waals surface area contributed by atoms with E-state index in [4.69, 9.17) is 16.3 Å². The number of nitrogens with one attached hydrogen (secondary N) is 1. The highest BCUT2D eigenvalue weighted by Crippen LogP contribution is 2.39. The van der Waals surface area contributed by atoms with E-state index in [2.05, 4.69) is 15.4 Å². The summed E-state index contributed by atoms with van der Waals surface area (Å²) in [6.07, 6.45) is 3.66. The zero-order valence-corrected chi connectivity index (χ0v) is 16.7. The summed E-state index contributed by atoms with van der Waals surface area (Å²) in [5.74, 6) is 0.935. The maximum absolute atomic E-state index is 13.9. The largest absolute Gasteiger partial charge is 0.489 e. The fourth-order valence-electron chi connectivity index (χ4n) is 3.98. The van der Waals surface area contributed by atoms with Crippen molar-refractivity contribution in [3.05, 3.63) is 82.0 Å². The molecule has 1 N–H and O–H groups in total. The van der Waals surface area contributed by atoms with Crippen LogP contribution in [-0.2, 0) is 11.4 Å². The number of anilines is 1. The molecule has 0 unspecified atom stereocenters. The van der Waals surface area contributed by atoms with Crippen molar-refractivity contribution in [1.29, 1.82) is 0 Å². The molecule has 2 aromatic carbocycles. The second-order valence-electron chi connectivity index (χ2n) is 7.28. The Morgan fingerprint density at radius 1 is 1.20 bits per heavy atom. The number of rotatable bonds is 4. The van der Waals surface area contributed by atoms with Gasteiger partial charge in [-0.05, 0) is 42.7 Å². The third kappa shape index (κ3) is 3.25. The Balaban J connectivity index is 1.42. The first-order valence-electron chi connectivity index (χ1n) is 9.70. The summed E-state index contributed by atoms with van der Waals surface area (Å²) in [6, 6.07) is 11.6. The van der Waals surface area contributed by atoms with Gasteiger partial charge in [0.1, 0.15) is 30.5 Å². The summed E-state index contributed by atoms with van der Waals surface area (Å²) in [4.78, 5) is 17.0. The van der Waals surface area contributed by atoms with E-state index in [1.807, 2.05) is 12.1 Å². The first-order chi connectivity index (χ1) is 14.6. The highest BCUT2D eigenvalue weighted by atomic mass is 35.5. The number of benzene rings is 2. The predicted molar refractivity (Wildman–Crippen MR) is 110 cm³/mol. The van der Waals surface area contributed by atoms with E-state index >= 15 is 0 Å². The molecule has 1 aliphatic carbocycles. The first kappa shape index (κ1) is 18.8. The Labute approximate surface area is 177 Å². The Morgan fingerprint density at radius 3 is 2.83 bits per heavy atom. The molecule has 6 nitrogen and oxygen atoms in total. The number of hydrogen-bond donors (Lipinski definition) is 1. The Kier molecular flexibility index (Phi) is 4.75. The molecule has 0 fully saturated rings. The smallest absolute Gasteiger partial charge is 0.226 e. The van der Waals surface area contributed by atoms with Crippen LogP contribution in [0.15, 0.2) is 60.1 Å². The summed E-state index contributed by atoms with van der Waals surface area (Å²) in [6.45, 7) is 0.0270. The van der Waals surface area contributed by atoms with Crippen LogP contribution in [-0.4, -0.2) is 20.5 Å². The Bertz CT molecular complexity index is 1140. The van der Waals surface area contributed by atoms with Crippen LogP contribution in [0.4, 0.5) is 10.3 Å². The van der Waals surface area contributed by atoms with Gasteiger partial charge in [0.2, 0.25) is 5.95 Å². The molecule has 1 aromatic heterocycles. The third-order valence-corrected chi connectivity index (χ3v) is 5.80. The lowest BCUT2D eigenvalue weighted by Crippen LogP contribution is -2.31. The molecular formula is C22H18ClFN4O2. The second-order valence-corrected chi connectivity index (χ2v) is 7.69. The zero-order valence-electron chi connectivity index (χ0n) is 15.9. The maximum Gasteiger partial charge on any atom is 0.226 e. The topological polar surface area (TPSA) is 69.0 Å². The lowest BCUT2D eigenvalue weighted by molar-refractivity contribution is -0.116. The summed E-state index contributed by atoms with van der Waals surface area (Å²) in [5.41, 5.74) is 2.89. The molecule has 0 radical (unpaired) electrons. The van der Waals surface area contributed by atoms with Gasteiger partial charge in [-0.2, -0.15) is 10.1 Å². The maximum atomic E-state index is 13.9. The number of Topliss-reactive ketones (excluding diaryl/α,β-unsaturated/α-hetero) is 1. The third-order valence-electron chi connectivity index (χ3n) is 5.45.